The zero-order valence-electron chi connectivity index (χ0n) is 23.9. The van der Waals surface area contributed by atoms with Gasteiger partial charge in [0, 0.05) is 29.4 Å². The van der Waals surface area contributed by atoms with Crippen molar-refractivity contribution in [3.63, 3.8) is 0 Å². The lowest BCUT2D eigenvalue weighted by atomic mass is 9.78. The second-order valence-corrected chi connectivity index (χ2v) is 11.2. The number of H-pyrrole nitrogens is 1. The van der Waals surface area contributed by atoms with E-state index >= 15 is 0 Å². The molecule has 3 aromatic rings. The first-order chi connectivity index (χ1) is 20.0. The van der Waals surface area contributed by atoms with E-state index < -0.39 is 53.6 Å². The molecule has 1 heterocycles. The van der Waals surface area contributed by atoms with E-state index in [1.54, 1.807) is 13.8 Å². The zero-order chi connectivity index (χ0) is 30.4. The average molecular weight is 575 g/mol. The van der Waals surface area contributed by atoms with Crippen LogP contribution < -0.4 is 27.4 Å². The van der Waals surface area contributed by atoms with Crippen molar-refractivity contribution in [1.82, 2.24) is 20.9 Å². The molecule has 0 radical (unpaired) electrons. The molecule has 0 bridgehead atoms. The summed E-state index contributed by atoms with van der Waals surface area (Å²) >= 11 is 0. The van der Waals surface area contributed by atoms with E-state index in [9.17, 15) is 24.0 Å². The van der Waals surface area contributed by atoms with Crippen LogP contribution in [0.25, 0.3) is 10.9 Å². The number of nitrogens with one attached hydrogen (secondary N) is 4. The third-order valence-electron chi connectivity index (χ3n) is 7.78. The Bertz CT molecular complexity index is 1480. The van der Waals surface area contributed by atoms with Gasteiger partial charge in [0.1, 0.15) is 17.6 Å². The number of carbonyl (C=O) groups is 5. The smallest absolute Gasteiger partial charge is 0.246 e. The van der Waals surface area contributed by atoms with Crippen LogP contribution in [0.5, 0.6) is 0 Å². The maximum absolute atomic E-state index is 14.1. The lowest BCUT2D eigenvalue weighted by Crippen LogP contribution is -2.65. The summed E-state index contributed by atoms with van der Waals surface area (Å²) in [5.41, 5.74) is 13.1. The van der Waals surface area contributed by atoms with Crippen molar-refractivity contribution in [2.75, 3.05) is 0 Å². The van der Waals surface area contributed by atoms with Gasteiger partial charge >= 0.3 is 0 Å². The minimum Gasteiger partial charge on any atom is -0.370 e. The predicted octanol–water partition coefficient (Wildman–Crippen LogP) is 1.13. The quantitative estimate of drug-likeness (QED) is 0.189. The highest BCUT2D eigenvalue weighted by atomic mass is 16.2. The number of aromatic amines is 1. The first-order valence-electron chi connectivity index (χ1n) is 14.1. The number of aryl methyl sites for hydroxylation is 2. The number of aromatic nitrogens is 1. The Morgan fingerprint density at radius 1 is 0.952 bits per heavy atom. The molecule has 5 amide bonds. The second-order valence-electron chi connectivity index (χ2n) is 11.2. The van der Waals surface area contributed by atoms with Crippen molar-refractivity contribution in [2.24, 2.45) is 17.4 Å². The van der Waals surface area contributed by atoms with Crippen molar-refractivity contribution >= 4 is 40.4 Å². The summed E-state index contributed by atoms with van der Waals surface area (Å²) in [6.45, 7) is 3.48. The van der Waals surface area contributed by atoms with Crippen LogP contribution in [0.15, 0.2) is 54.6 Å². The number of fused-ring (bicyclic) bond motifs is 3. The van der Waals surface area contributed by atoms with Crippen LogP contribution in [0.3, 0.4) is 0 Å². The van der Waals surface area contributed by atoms with E-state index in [-0.39, 0.29) is 18.7 Å². The van der Waals surface area contributed by atoms with Gasteiger partial charge in [0.25, 0.3) is 0 Å². The number of benzene rings is 2. The number of para-hydroxylation sites is 1. The molecule has 2 aromatic carbocycles. The number of amides is 5. The molecular formula is C31H38N6O5. The van der Waals surface area contributed by atoms with Gasteiger partial charge in [-0.25, -0.2) is 0 Å². The number of carbonyl (C=O) groups excluding carboxylic acids is 5. The molecule has 1 aromatic heterocycles. The highest BCUT2D eigenvalue weighted by Gasteiger charge is 2.45. The molecule has 0 saturated heterocycles. The summed E-state index contributed by atoms with van der Waals surface area (Å²) in [5.74, 6) is -3.59. The van der Waals surface area contributed by atoms with E-state index in [2.05, 4.69) is 20.9 Å². The monoisotopic (exact) mass is 574 g/mol. The van der Waals surface area contributed by atoms with Crippen LogP contribution in [-0.4, -0.2) is 52.1 Å². The van der Waals surface area contributed by atoms with Gasteiger partial charge in [-0.15, -0.1) is 0 Å². The number of rotatable bonds is 12. The van der Waals surface area contributed by atoms with Crippen molar-refractivity contribution in [3.8, 4) is 0 Å². The average Bonchev–Trinajstić information content (AvgIpc) is 3.32. The summed E-state index contributed by atoms with van der Waals surface area (Å²) in [5, 5.41) is 9.28. The normalized spacial score (nSPS) is 17.6. The van der Waals surface area contributed by atoms with Crippen molar-refractivity contribution in [2.45, 2.75) is 70.0 Å². The van der Waals surface area contributed by atoms with Crippen molar-refractivity contribution in [3.05, 3.63) is 71.4 Å². The summed E-state index contributed by atoms with van der Waals surface area (Å²) in [6.07, 6.45) is 1.28. The van der Waals surface area contributed by atoms with E-state index in [1.165, 1.54) is 0 Å². The lowest BCUT2D eigenvalue weighted by molar-refractivity contribution is -0.138. The zero-order valence-corrected chi connectivity index (χ0v) is 23.9. The Hall–Kier alpha value is -4.67. The summed E-state index contributed by atoms with van der Waals surface area (Å²) < 4.78 is 0. The molecule has 0 fully saturated rings. The van der Waals surface area contributed by atoms with Gasteiger partial charge in [0.05, 0.1) is 6.42 Å². The van der Waals surface area contributed by atoms with Gasteiger partial charge < -0.3 is 32.4 Å². The lowest BCUT2D eigenvalue weighted by Gasteiger charge is -2.38. The standard InChI is InChI=1S/C31H38N6O5/c1-18(2)27(29(41)35-24(28(33)40)16-25(32)38)36-30(42)31(37-26(39)13-12-19-8-4-3-5-9-19)15-14-23-21(17-31)20-10-6-7-11-22(20)34-23/h3-11,18,24,27,34H,12-17H2,1-2H3,(H2,32,38)(H2,33,40)(H,35,41)(H,36,42)(H,37,39)/t24-,27-,31-/m0/s1. The fourth-order valence-corrected chi connectivity index (χ4v) is 5.49. The van der Waals surface area contributed by atoms with Crippen LogP contribution >= 0.6 is 0 Å². The van der Waals surface area contributed by atoms with Crippen LogP contribution in [0, 0.1) is 5.92 Å². The Labute approximate surface area is 244 Å². The first-order valence-corrected chi connectivity index (χ1v) is 14.1. The third-order valence-corrected chi connectivity index (χ3v) is 7.78. The number of hydrogen-bond acceptors (Lipinski definition) is 5. The Balaban J connectivity index is 1.60. The fraction of sp³-hybridized carbons (Fsp3) is 0.387. The van der Waals surface area contributed by atoms with Crippen LogP contribution in [0.2, 0.25) is 0 Å². The van der Waals surface area contributed by atoms with Gasteiger partial charge in [-0.1, -0.05) is 62.4 Å². The molecule has 4 rings (SSSR count). The molecule has 0 spiro atoms. The molecule has 42 heavy (non-hydrogen) atoms. The van der Waals surface area contributed by atoms with Crippen LogP contribution in [0.4, 0.5) is 0 Å². The molecule has 11 nitrogen and oxygen atoms in total. The Morgan fingerprint density at radius 3 is 2.31 bits per heavy atom. The van der Waals surface area contributed by atoms with E-state index in [1.807, 2.05) is 54.6 Å². The van der Waals surface area contributed by atoms with Crippen LogP contribution in [-0.2, 0) is 43.2 Å². The molecule has 0 unspecified atom stereocenters. The molecule has 0 aliphatic heterocycles. The van der Waals surface area contributed by atoms with Gasteiger partial charge in [0.15, 0.2) is 0 Å². The molecule has 3 atom stereocenters. The highest BCUT2D eigenvalue weighted by Crippen LogP contribution is 2.34. The molecule has 222 valence electrons. The molecule has 1 aliphatic carbocycles. The first kappa shape index (κ1) is 30.3. The topological polar surface area (TPSA) is 189 Å². The SMILES string of the molecule is CC(C)[C@H](NC(=O)[C@]1(NC(=O)CCc2ccccc2)CCc2[nH]c3ccccc3c2C1)C(=O)N[C@@H](CC(N)=O)C(N)=O. The van der Waals surface area contributed by atoms with Crippen LogP contribution in [0.1, 0.15) is 49.9 Å². The highest BCUT2D eigenvalue weighted by molar-refractivity contribution is 5.98. The van der Waals surface area contributed by atoms with Crippen molar-refractivity contribution < 1.29 is 24.0 Å². The molecule has 8 N–H and O–H groups in total. The van der Waals surface area contributed by atoms with E-state index in [0.29, 0.717) is 19.3 Å². The Morgan fingerprint density at radius 2 is 1.64 bits per heavy atom. The van der Waals surface area contributed by atoms with Crippen molar-refractivity contribution in [1.29, 1.82) is 0 Å². The maximum Gasteiger partial charge on any atom is 0.246 e. The molecule has 0 saturated carbocycles. The third kappa shape index (κ3) is 6.96. The predicted molar refractivity (Wildman–Crippen MR) is 158 cm³/mol. The minimum atomic E-state index is -1.32. The van der Waals surface area contributed by atoms with Gasteiger partial charge in [-0.3, -0.25) is 24.0 Å². The van der Waals surface area contributed by atoms with Gasteiger partial charge in [0.2, 0.25) is 29.5 Å². The minimum absolute atomic E-state index is 0.182. The van der Waals surface area contributed by atoms with Gasteiger partial charge in [-0.2, -0.15) is 0 Å². The Kier molecular flexibility index (Phi) is 9.29. The largest absolute Gasteiger partial charge is 0.370 e. The van der Waals surface area contributed by atoms with Gasteiger partial charge in [-0.05, 0) is 42.4 Å². The molecular weight excluding hydrogens is 536 g/mol. The fourth-order valence-electron chi connectivity index (χ4n) is 5.49. The number of primary amides is 2. The van der Waals surface area contributed by atoms with E-state index in [0.717, 1.165) is 27.7 Å². The second kappa shape index (κ2) is 12.9. The van der Waals surface area contributed by atoms with E-state index in [4.69, 9.17) is 11.5 Å². The molecule has 11 heteroatoms. The summed E-state index contributed by atoms with van der Waals surface area (Å²) in [7, 11) is 0. The molecule has 1 aliphatic rings. The number of nitrogens with two attached hydrogens (primary N) is 2. The number of hydrogen-bond donors (Lipinski definition) is 6. The summed E-state index contributed by atoms with van der Waals surface area (Å²) in [6, 6.07) is 15.0. The summed E-state index contributed by atoms with van der Waals surface area (Å²) in [4.78, 5) is 67.3. The maximum atomic E-state index is 14.1.